The number of hydrogen-bond acceptors (Lipinski definition) is 9. The maximum atomic E-state index is 17.0. The van der Waals surface area contributed by atoms with Gasteiger partial charge in [-0.1, -0.05) is 0 Å². The fourth-order valence-corrected chi connectivity index (χ4v) is 7.81. The van der Waals surface area contributed by atoms with Crippen LogP contribution in [0.3, 0.4) is 0 Å². The molecule has 11 heteroatoms. The first-order chi connectivity index (χ1) is 21.6. The minimum Gasteiger partial charge on any atom is -0.462 e. The van der Waals surface area contributed by atoms with E-state index in [1.54, 1.807) is 12.4 Å². The highest BCUT2D eigenvalue weighted by molar-refractivity contribution is 5.99. The topological polar surface area (TPSA) is 102 Å². The van der Waals surface area contributed by atoms with Crippen molar-refractivity contribution >= 4 is 27.6 Å². The summed E-state index contributed by atoms with van der Waals surface area (Å²) >= 11 is 0. The second kappa shape index (κ2) is 11.8. The molecule has 9 rings (SSSR count). The van der Waals surface area contributed by atoms with Crippen molar-refractivity contribution in [1.82, 2.24) is 30.0 Å². The van der Waals surface area contributed by atoms with Crippen LogP contribution < -0.4 is 9.64 Å². The van der Waals surface area contributed by atoms with E-state index in [2.05, 4.69) is 33.0 Å². The highest BCUT2D eigenvalue weighted by atomic mass is 19.1. The lowest BCUT2D eigenvalue weighted by molar-refractivity contribution is -0.0101. The number of benzene rings is 1. The first kappa shape index (κ1) is 28.1. The number of ether oxygens (including phenoxy) is 3. The number of H-pyrrole nitrogens is 1. The third kappa shape index (κ3) is 5.08. The molecule has 0 unspecified atom stereocenters. The average molecular weight is 602 g/mol. The summed E-state index contributed by atoms with van der Waals surface area (Å²) in [5.41, 5.74) is 4.37. The molecule has 3 aromatic heterocycles. The van der Waals surface area contributed by atoms with Gasteiger partial charge in [0.15, 0.2) is 5.82 Å². The van der Waals surface area contributed by atoms with Gasteiger partial charge in [0.1, 0.15) is 23.6 Å². The van der Waals surface area contributed by atoms with Crippen molar-refractivity contribution in [2.75, 3.05) is 57.6 Å². The van der Waals surface area contributed by atoms with Gasteiger partial charge >= 0.3 is 6.01 Å². The molecule has 6 bridgehead atoms. The van der Waals surface area contributed by atoms with Gasteiger partial charge in [0, 0.05) is 55.5 Å². The molecule has 3 atom stereocenters. The van der Waals surface area contributed by atoms with Gasteiger partial charge in [-0.15, -0.1) is 0 Å². The quantitative estimate of drug-likeness (QED) is 0.354. The second-order valence-corrected chi connectivity index (χ2v) is 12.9. The summed E-state index contributed by atoms with van der Waals surface area (Å²) in [4.78, 5) is 19.2. The smallest absolute Gasteiger partial charge is 0.319 e. The summed E-state index contributed by atoms with van der Waals surface area (Å²) in [5, 5.41) is 8.84. The molecule has 1 aromatic carbocycles. The molecule has 232 valence electrons. The van der Waals surface area contributed by atoms with Gasteiger partial charge in [-0.2, -0.15) is 15.1 Å². The van der Waals surface area contributed by atoms with E-state index < -0.39 is 5.82 Å². The minimum atomic E-state index is -0.441. The first-order valence-corrected chi connectivity index (χ1v) is 16.2. The van der Waals surface area contributed by atoms with Crippen molar-refractivity contribution in [3.05, 3.63) is 35.4 Å². The van der Waals surface area contributed by atoms with Gasteiger partial charge in [0.25, 0.3) is 0 Å². The summed E-state index contributed by atoms with van der Waals surface area (Å²) in [5.74, 6) is 0.633. The van der Waals surface area contributed by atoms with Gasteiger partial charge in [-0.05, 0) is 75.0 Å². The Morgan fingerprint density at radius 2 is 1.95 bits per heavy atom. The minimum absolute atomic E-state index is 0.220. The monoisotopic (exact) mass is 601 g/mol. The standard InChI is InChI=1S/C33H40FN7O3/c1-20-13-27-25(15-36-39-27)28-24(20)6-2-3-11-42-17-21-5-4-9-40(16-21)32-26-14-35-31(28)29(34)30(26)37-33(38-32)44-19-23-8-7-22-18-43-12-10-41(22)23/h13-15,21-23H,2-12,16-19H2,1H3,(H,36,39)/t21-,22-,23-/m1/s1. The summed E-state index contributed by atoms with van der Waals surface area (Å²) in [6, 6.07) is 3.03. The van der Waals surface area contributed by atoms with Gasteiger partial charge in [0.05, 0.1) is 36.9 Å². The number of nitrogens with zero attached hydrogens (tertiary/aromatic N) is 6. The molecule has 44 heavy (non-hydrogen) atoms. The van der Waals surface area contributed by atoms with Crippen molar-refractivity contribution in [2.45, 2.75) is 64.0 Å². The number of anilines is 1. The van der Waals surface area contributed by atoms with Gasteiger partial charge in [-0.3, -0.25) is 15.0 Å². The zero-order valence-electron chi connectivity index (χ0n) is 25.4. The number of morpholine rings is 1. The lowest BCUT2D eigenvalue weighted by atomic mass is 9.91. The maximum Gasteiger partial charge on any atom is 0.319 e. The number of aryl methyl sites for hydroxylation is 1. The summed E-state index contributed by atoms with van der Waals surface area (Å²) < 4.78 is 35.2. The fraction of sp³-hybridized carbons (Fsp3) is 0.576. The molecular formula is C33H40FN7O3. The Balaban J connectivity index is 1.25. The summed E-state index contributed by atoms with van der Waals surface area (Å²) in [6.45, 7) is 8.04. The van der Waals surface area contributed by atoms with E-state index in [0.717, 1.165) is 112 Å². The second-order valence-electron chi connectivity index (χ2n) is 12.9. The van der Waals surface area contributed by atoms with E-state index in [4.69, 9.17) is 29.2 Å². The van der Waals surface area contributed by atoms with E-state index in [-0.39, 0.29) is 17.6 Å². The molecule has 4 aromatic rings. The number of halogens is 1. The molecule has 10 nitrogen and oxygen atoms in total. The molecule has 0 saturated carbocycles. The largest absolute Gasteiger partial charge is 0.462 e. The molecule has 0 aliphatic carbocycles. The van der Waals surface area contributed by atoms with E-state index in [9.17, 15) is 0 Å². The van der Waals surface area contributed by atoms with Crippen molar-refractivity contribution in [3.63, 3.8) is 0 Å². The normalized spacial score (nSPS) is 24.7. The average Bonchev–Trinajstić information content (AvgIpc) is 3.68. The van der Waals surface area contributed by atoms with Crippen LogP contribution in [0.15, 0.2) is 18.5 Å². The first-order valence-electron chi connectivity index (χ1n) is 16.2. The highest BCUT2D eigenvalue weighted by Gasteiger charge is 2.36. The number of hydrogen-bond donors (Lipinski definition) is 1. The Morgan fingerprint density at radius 3 is 2.91 bits per heavy atom. The van der Waals surface area contributed by atoms with E-state index in [0.29, 0.717) is 42.1 Å². The number of aromatic amines is 1. The Labute approximate surface area is 256 Å². The van der Waals surface area contributed by atoms with Crippen LogP contribution >= 0.6 is 0 Å². The third-order valence-electron chi connectivity index (χ3n) is 10.1. The van der Waals surface area contributed by atoms with Gasteiger partial charge < -0.3 is 19.1 Å². The third-order valence-corrected chi connectivity index (χ3v) is 10.1. The molecule has 0 spiro atoms. The Morgan fingerprint density at radius 1 is 1.02 bits per heavy atom. The number of pyridine rings is 1. The predicted molar refractivity (Wildman–Crippen MR) is 166 cm³/mol. The van der Waals surface area contributed by atoms with Crippen LogP contribution in [0.25, 0.3) is 33.1 Å². The fourth-order valence-electron chi connectivity index (χ4n) is 7.81. The Kier molecular flexibility index (Phi) is 7.55. The lowest BCUT2D eigenvalue weighted by Gasteiger charge is -2.34. The van der Waals surface area contributed by atoms with Crippen molar-refractivity contribution in [1.29, 1.82) is 0 Å². The van der Waals surface area contributed by atoms with Gasteiger partial charge in [-0.25, -0.2) is 4.39 Å². The number of piperidine rings is 1. The highest BCUT2D eigenvalue weighted by Crippen LogP contribution is 2.39. The molecule has 8 heterocycles. The Hall–Kier alpha value is -3.41. The van der Waals surface area contributed by atoms with Crippen LogP contribution in [0.1, 0.15) is 49.7 Å². The number of fused-ring (bicyclic) bond motifs is 8. The molecule has 3 fully saturated rings. The predicted octanol–water partition coefficient (Wildman–Crippen LogP) is 4.83. The maximum absolute atomic E-state index is 17.0. The molecule has 1 N–H and O–H groups in total. The van der Waals surface area contributed by atoms with Crippen LogP contribution in [0.5, 0.6) is 6.01 Å². The van der Waals surface area contributed by atoms with Crippen molar-refractivity contribution < 1.29 is 18.6 Å². The summed E-state index contributed by atoms with van der Waals surface area (Å²) in [7, 11) is 0. The molecule has 0 radical (unpaired) electrons. The molecule has 5 aliphatic rings. The number of aromatic nitrogens is 5. The molecule has 0 amide bonds. The van der Waals surface area contributed by atoms with Crippen LogP contribution in [-0.2, 0) is 15.9 Å². The van der Waals surface area contributed by atoms with Crippen LogP contribution in [-0.4, -0.2) is 94.8 Å². The zero-order chi connectivity index (χ0) is 29.6. The van der Waals surface area contributed by atoms with Crippen LogP contribution in [0.4, 0.5) is 10.2 Å². The van der Waals surface area contributed by atoms with Gasteiger partial charge in [0.2, 0.25) is 0 Å². The number of rotatable bonds is 3. The Bertz CT molecular complexity index is 1680. The molecule has 5 aliphatic heterocycles. The SMILES string of the molecule is Cc1cc2[nH]ncc2c2c1CCCCOC[C@@H]1CCCN(C1)c1nc(OC[C@H]3CC[C@@H]4COCCN43)nc3c(F)c-2ncc13. The zero-order valence-corrected chi connectivity index (χ0v) is 25.4. The van der Waals surface area contributed by atoms with Crippen molar-refractivity contribution in [3.8, 4) is 17.3 Å². The summed E-state index contributed by atoms with van der Waals surface area (Å²) in [6.07, 6.45) is 10.5. The van der Waals surface area contributed by atoms with E-state index in [1.807, 2.05) is 0 Å². The van der Waals surface area contributed by atoms with E-state index in [1.165, 1.54) is 0 Å². The van der Waals surface area contributed by atoms with E-state index >= 15 is 4.39 Å². The molecular weight excluding hydrogens is 561 g/mol. The molecule has 3 saturated heterocycles. The van der Waals surface area contributed by atoms with Crippen LogP contribution in [0.2, 0.25) is 0 Å². The number of nitrogens with one attached hydrogen (secondary N) is 1. The van der Waals surface area contributed by atoms with Crippen molar-refractivity contribution in [2.24, 2.45) is 5.92 Å². The van der Waals surface area contributed by atoms with Crippen LogP contribution in [0, 0.1) is 18.7 Å². The lowest BCUT2D eigenvalue weighted by Crippen LogP contribution is -2.46.